The van der Waals surface area contributed by atoms with Crippen molar-refractivity contribution >= 4 is 23.3 Å². The Morgan fingerprint density at radius 2 is 1.83 bits per heavy atom. The van der Waals surface area contributed by atoms with Crippen molar-refractivity contribution in [2.24, 2.45) is 5.92 Å². The second-order valence-corrected chi connectivity index (χ2v) is 7.42. The summed E-state index contributed by atoms with van der Waals surface area (Å²) in [5.74, 6) is -1.68. The molecule has 0 aliphatic carbocycles. The molecule has 1 aliphatic rings. The normalized spacial score (nSPS) is 16.0. The number of hydrogen-bond acceptors (Lipinski definition) is 5. The van der Waals surface area contributed by atoms with Crippen molar-refractivity contribution in [1.82, 2.24) is 0 Å². The average molecular weight is 413 g/mol. The number of halogens is 1. The van der Waals surface area contributed by atoms with Gasteiger partial charge < -0.3 is 14.4 Å². The van der Waals surface area contributed by atoms with Crippen molar-refractivity contribution in [1.29, 1.82) is 5.26 Å². The van der Waals surface area contributed by atoms with E-state index in [4.69, 9.17) is 21.1 Å². The van der Waals surface area contributed by atoms with Crippen LogP contribution in [0.15, 0.2) is 48.5 Å². The van der Waals surface area contributed by atoms with Crippen molar-refractivity contribution in [2.45, 2.75) is 19.3 Å². The molecule has 1 aliphatic heterocycles. The number of hydrogen-bond donors (Lipinski definition) is 0. The quantitative estimate of drug-likeness (QED) is 0.637. The third-order valence-electron chi connectivity index (χ3n) is 5.15. The fourth-order valence-corrected chi connectivity index (χ4v) is 3.72. The predicted molar refractivity (Wildman–Crippen MR) is 113 cm³/mol. The van der Waals surface area contributed by atoms with Crippen LogP contribution in [0.25, 0.3) is 0 Å². The van der Waals surface area contributed by atoms with Gasteiger partial charge >= 0.3 is 5.97 Å². The molecule has 0 radical (unpaired) electrons. The number of esters is 1. The zero-order valence-corrected chi connectivity index (χ0v) is 17.3. The number of carbonyl (C=O) groups is 1. The van der Waals surface area contributed by atoms with Gasteiger partial charge in [-0.2, -0.15) is 5.26 Å². The summed E-state index contributed by atoms with van der Waals surface area (Å²) in [5.41, 5.74) is 3.11. The highest BCUT2D eigenvalue weighted by Gasteiger charge is 2.31. The number of ether oxygens (including phenoxy) is 2. The van der Waals surface area contributed by atoms with Gasteiger partial charge in [-0.1, -0.05) is 35.9 Å². The van der Waals surface area contributed by atoms with Crippen LogP contribution in [-0.2, 0) is 20.7 Å². The molecule has 2 aromatic rings. The third-order valence-corrected chi connectivity index (χ3v) is 5.40. The van der Waals surface area contributed by atoms with E-state index in [1.807, 2.05) is 12.1 Å². The molecule has 29 heavy (non-hydrogen) atoms. The van der Waals surface area contributed by atoms with Crippen LogP contribution in [0, 0.1) is 17.2 Å². The summed E-state index contributed by atoms with van der Waals surface area (Å²) in [4.78, 5) is 14.7. The van der Waals surface area contributed by atoms with E-state index in [-0.39, 0.29) is 12.5 Å². The minimum atomic E-state index is -0.880. The van der Waals surface area contributed by atoms with Crippen molar-refractivity contribution in [3.63, 3.8) is 0 Å². The fourth-order valence-electron chi connectivity index (χ4n) is 3.60. The van der Waals surface area contributed by atoms with Crippen molar-refractivity contribution in [3.8, 4) is 6.07 Å². The first-order valence-corrected chi connectivity index (χ1v) is 10.2. The van der Waals surface area contributed by atoms with Crippen molar-refractivity contribution in [3.05, 3.63) is 64.7 Å². The van der Waals surface area contributed by atoms with E-state index >= 15 is 0 Å². The largest absolute Gasteiger partial charge is 0.465 e. The molecule has 2 atom stereocenters. The number of anilines is 1. The van der Waals surface area contributed by atoms with E-state index < -0.39 is 11.9 Å². The predicted octanol–water partition coefficient (Wildman–Crippen LogP) is 4.21. The molecule has 2 unspecified atom stereocenters. The second-order valence-electron chi connectivity index (χ2n) is 6.99. The fraction of sp³-hybridized carbons (Fsp3) is 0.391. The molecule has 1 saturated heterocycles. The summed E-state index contributed by atoms with van der Waals surface area (Å²) in [6.07, 6.45) is 0.558. The van der Waals surface area contributed by atoms with E-state index in [0.717, 1.165) is 43.1 Å². The maximum absolute atomic E-state index is 12.4. The number of morpholine rings is 1. The summed E-state index contributed by atoms with van der Waals surface area (Å²) >= 11 is 6.02. The Morgan fingerprint density at radius 1 is 1.17 bits per heavy atom. The van der Waals surface area contributed by atoms with Gasteiger partial charge in [0.15, 0.2) is 5.92 Å². The highest BCUT2D eigenvalue weighted by Crippen LogP contribution is 2.31. The Labute approximate surface area is 176 Å². The molecule has 0 amide bonds. The molecule has 3 rings (SSSR count). The minimum Gasteiger partial charge on any atom is -0.465 e. The molecule has 0 spiro atoms. The number of rotatable bonds is 7. The Balaban J connectivity index is 1.83. The molecular formula is C23H25ClN2O3. The first kappa shape index (κ1) is 21.2. The highest BCUT2D eigenvalue weighted by molar-refractivity contribution is 6.30. The molecule has 2 aromatic carbocycles. The first-order chi connectivity index (χ1) is 14.1. The summed E-state index contributed by atoms with van der Waals surface area (Å²) in [5, 5.41) is 10.3. The lowest BCUT2D eigenvalue weighted by Gasteiger charge is -2.29. The Kier molecular flexibility index (Phi) is 7.51. The highest BCUT2D eigenvalue weighted by atomic mass is 35.5. The van der Waals surface area contributed by atoms with Gasteiger partial charge in [0.2, 0.25) is 0 Å². The summed E-state index contributed by atoms with van der Waals surface area (Å²) in [6.45, 7) is 5.23. The number of benzene rings is 2. The van der Waals surface area contributed by atoms with Gasteiger partial charge in [0.25, 0.3) is 0 Å². The van der Waals surface area contributed by atoms with Crippen LogP contribution in [0.4, 0.5) is 5.69 Å². The molecule has 0 saturated carbocycles. The smallest absolute Gasteiger partial charge is 0.323 e. The van der Waals surface area contributed by atoms with Crippen molar-refractivity contribution in [2.75, 3.05) is 37.8 Å². The van der Waals surface area contributed by atoms with Gasteiger partial charge in [-0.05, 0) is 48.7 Å². The lowest BCUT2D eigenvalue weighted by molar-refractivity contribution is -0.146. The number of nitrogens with zero attached hydrogens (tertiary/aromatic N) is 2. The second kappa shape index (κ2) is 10.3. The van der Waals surface area contributed by atoms with Crippen LogP contribution in [0.2, 0.25) is 5.02 Å². The molecular weight excluding hydrogens is 388 g/mol. The van der Waals surface area contributed by atoms with Crippen LogP contribution in [0.1, 0.15) is 24.0 Å². The van der Waals surface area contributed by atoms with E-state index in [9.17, 15) is 10.1 Å². The van der Waals surface area contributed by atoms with Crippen LogP contribution in [-0.4, -0.2) is 38.9 Å². The zero-order chi connectivity index (χ0) is 20.6. The van der Waals surface area contributed by atoms with E-state index in [2.05, 4.69) is 35.2 Å². The molecule has 5 nitrogen and oxygen atoms in total. The third kappa shape index (κ3) is 5.50. The maximum Gasteiger partial charge on any atom is 0.323 e. The molecule has 152 valence electrons. The van der Waals surface area contributed by atoms with Gasteiger partial charge in [0, 0.05) is 29.7 Å². The van der Waals surface area contributed by atoms with Gasteiger partial charge in [-0.25, -0.2) is 0 Å². The Hall–Kier alpha value is -2.55. The van der Waals surface area contributed by atoms with Crippen LogP contribution in [0.3, 0.4) is 0 Å². The van der Waals surface area contributed by atoms with E-state index in [0.29, 0.717) is 11.4 Å². The number of nitriles is 1. The SMILES string of the molecule is CCOC(=O)C(C#N)C(Cc1ccc(N2CCOCC2)cc1)c1ccc(Cl)cc1. The van der Waals surface area contributed by atoms with E-state index in [1.54, 1.807) is 19.1 Å². The summed E-state index contributed by atoms with van der Waals surface area (Å²) < 4.78 is 10.6. The first-order valence-electron chi connectivity index (χ1n) is 9.85. The van der Waals surface area contributed by atoms with Gasteiger partial charge in [-0.3, -0.25) is 4.79 Å². The van der Waals surface area contributed by atoms with Gasteiger partial charge in [0.05, 0.1) is 25.9 Å². The van der Waals surface area contributed by atoms with E-state index in [1.165, 1.54) is 0 Å². The monoisotopic (exact) mass is 412 g/mol. The Morgan fingerprint density at radius 3 is 2.41 bits per heavy atom. The van der Waals surface area contributed by atoms with Crippen LogP contribution < -0.4 is 4.90 Å². The van der Waals surface area contributed by atoms with Crippen molar-refractivity contribution < 1.29 is 14.3 Å². The number of carbonyl (C=O) groups excluding carboxylic acids is 1. The summed E-state index contributed by atoms with van der Waals surface area (Å²) in [6, 6.07) is 17.8. The average Bonchev–Trinajstić information content (AvgIpc) is 2.75. The lowest BCUT2D eigenvalue weighted by atomic mass is 9.82. The van der Waals surface area contributed by atoms with Crippen LogP contribution in [0.5, 0.6) is 0 Å². The molecule has 0 aromatic heterocycles. The molecule has 1 fully saturated rings. The zero-order valence-electron chi connectivity index (χ0n) is 16.5. The van der Waals surface area contributed by atoms with Gasteiger partial charge in [-0.15, -0.1) is 0 Å². The molecule has 0 bridgehead atoms. The maximum atomic E-state index is 12.4. The summed E-state index contributed by atoms with van der Waals surface area (Å²) in [7, 11) is 0. The minimum absolute atomic E-state index is 0.249. The molecule has 0 N–H and O–H groups in total. The van der Waals surface area contributed by atoms with Crippen LogP contribution >= 0.6 is 11.6 Å². The molecule has 6 heteroatoms. The van der Waals surface area contributed by atoms with Gasteiger partial charge in [0.1, 0.15) is 0 Å². The Bertz CT molecular complexity index is 840. The standard InChI is InChI=1S/C23H25ClN2O3/c1-2-29-23(27)22(16-25)21(18-5-7-19(24)8-6-18)15-17-3-9-20(10-4-17)26-11-13-28-14-12-26/h3-10,21-22H,2,11-15H2,1H3. The molecule has 1 heterocycles. The lowest BCUT2D eigenvalue weighted by Crippen LogP contribution is -2.36. The topological polar surface area (TPSA) is 62.6 Å².